The standard InChI is InChI=1S/C15H15F2N3O/c1-3-18-14-13(17)11(6-7-19-14)15(21)20-12-5-4-10(16)8-9(12)2/h4-8H,3H2,1-2H3,(H,18,19)(H,20,21). The second-order valence-corrected chi connectivity index (χ2v) is 4.46. The summed E-state index contributed by atoms with van der Waals surface area (Å²) in [5.41, 5.74) is 0.872. The number of hydrogen-bond acceptors (Lipinski definition) is 3. The van der Waals surface area contributed by atoms with Crippen molar-refractivity contribution in [3.63, 3.8) is 0 Å². The van der Waals surface area contributed by atoms with Crippen LogP contribution in [0.25, 0.3) is 0 Å². The average molecular weight is 291 g/mol. The Hall–Kier alpha value is -2.50. The number of carbonyl (C=O) groups excluding carboxylic acids is 1. The van der Waals surface area contributed by atoms with E-state index >= 15 is 0 Å². The number of amides is 1. The summed E-state index contributed by atoms with van der Waals surface area (Å²) in [5, 5.41) is 5.30. The maximum atomic E-state index is 14.1. The molecule has 4 nitrogen and oxygen atoms in total. The fourth-order valence-corrected chi connectivity index (χ4v) is 1.87. The van der Waals surface area contributed by atoms with Gasteiger partial charge in [0.1, 0.15) is 5.82 Å². The Morgan fingerprint density at radius 3 is 2.71 bits per heavy atom. The van der Waals surface area contributed by atoms with E-state index in [9.17, 15) is 13.6 Å². The predicted octanol–water partition coefficient (Wildman–Crippen LogP) is 3.35. The van der Waals surface area contributed by atoms with Gasteiger partial charge in [-0.25, -0.2) is 13.8 Å². The van der Waals surface area contributed by atoms with Crippen LogP contribution in [0.2, 0.25) is 0 Å². The molecule has 2 N–H and O–H groups in total. The SMILES string of the molecule is CCNc1nccc(C(=O)Nc2ccc(F)cc2C)c1F. The number of hydrogen-bond donors (Lipinski definition) is 2. The van der Waals surface area contributed by atoms with Gasteiger partial charge in [0.15, 0.2) is 11.6 Å². The number of nitrogens with one attached hydrogen (secondary N) is 2. The van der Waals surface area contributed by atoms with Gasteiger partial charge in [-0.3, -0.25) is 4.79 Å². The highest BCUT2D eigenvalue weighted by molar-refractivity contribution is 6.05. The van der Waals surface area contributed by atoms with E-state index in [1.165, 1.54) is 30.5 Å². The van der Waals surface area contributed by atoms with Crippen LogP contribution in [-0.2, 0) is 0 Å². The molecular formula is C15H15F2N3O. The monoisotopic (exact) mass is 291 g/mol. The number of aromatic nitrogens is 1. The number of pyridine rings is 1. The highest BCUT2D eigenvalue weighted by Crippen LogP contribution is 2.19. The lowest BCUT2D eigenvalue weighted by atomic mass is 10.1. The van der Waals surface area contributed by atoms with Crippen molar-refractivity contribution in [1.29, 1.82) is 0 Å². The minimum atomic E-state index is -0.711. The van der Waals surface area contributed by atoms with E-state index in [0.717, 1.165) is 0 Å². The first-order valence-corrected chi connectivity index (χ1v) is 6.48. The summed E-state index contributed by atoms with van der Waals surface area (Å²) in [6.45, 7) is 3.95. The molecular weight excluding hydrogens is 276 g/mol. The van der Waals surface area contributed by atoms with Gasteiger partial charge in [0, 0.05) is 18.4 Å². The number of carbonyl (C=O) groups is 1. The van der Waals surface area contributed by atoms with Crippen LogP contribution in [0.4, 0.5) is 20.3 Å². The summed E-state index contributed by atoms with van der Waals surface area (Å²) >= 11 is 0. The van der Waals surface area contributed by atoms with Gasteiger partial charge in [-0.2, -0.15) is 0 Å². The number of nitrogens with zero attached hydrogens (tertiary/aromatic N) is 1. The van der Waals surface area contributed by atoms with Gasteiger partial charge >= 0.3 is 0 Å². The number of aryl methyl sites for hydroxylation is 1. The Morgan fingerprint density at radius 2 is 2.05 bits per heavy atom. The van der Waals surface area contributed by atoms with Gasteiger partial charge in [-0.1, -0.05) is 0 Å². The second kappa shape index (κ2) is 6.30. The predicted molar refractivity (Wildman–Crippen MR) is 77.4 cm³/mol. The Labute approximate surface area is 121 Å². The third kappa shape index (κ3) is 3.34. The molecule has 0 bridgehead atoms. The molecule has 0 unspecified atom stereocenters. The molecule has 1 heterocycles. The highest BCUT2D eigenvalue weighted by atomic mass is 19.1. The molecule has 0 radical (unpaired) electrons. The van der Waals surface area contributed by atoms with Crippen molar-refractivity contribution in [2.24, 2.45) is 0 Å². The lowest BCUT2D eigenvalue weighted by molar-refractivity contribution is 0.102. The zero-order chi connectivity index (χ0) is 15.4. The van der Waals surface area contributed by atoms with Gasteiger partial charge in [0.05, 0.1) is 5.56 Å². The van der Waals surface area contributed by atoms with Crippen LogP contribution in [0, 0.1) is 18.6 Å². The Kier molecular flexibility index (Phi) is 4.47. The molecule has 110 valence electrons. The first-order chi connectivity index (χ1) is 10.0. The van der Waals surface area contributed by atoms with Crippen molar-refractivity contribution in [3.8, 4) is 0 Å². The van der Waals surface area contributed by atoms with E-state index in [4.69, 9.17) is 0 Å². The van der Waals surface area contributed by atoms with Crippen molar-refractivity contribution in [3.05, 3.63) is 53.2 Å². The molecule has 2 aromatic rings. The van der Waals surface area contributed by atoms with E-state index in [0.29, 0.717) is 17.8 Å². The lowest BCUT2D eigenvalue weighted by Gasteiger charge is -2.10. The molecule has 1 aromatic heterocycles. The summed E-state index contributed by atoms with van der Waals surface area (Å²) in [6.07, 6.45) is 1.35. The van der Waals surface area contributed by atoms with Crippen LogP contribution in [0.1, 0.15) is 22.8 Å². The molecule has 0 saturated carbocycles. The van der Waals surface area contributed by atoms with Crippen LogP contribution < -0.4 is 10.6 Å². The number of benzene rings is 1. The smallest absolute Gasteiger partial charge is 0.258 e. The van der Waals surface area contributed by atoms with Gasteiger partial charge in [0.2, 0.25) is 0 Å². The van der Waals surface area contributed by atoms with Crippen LogP contribution >= 0.6 is 0 Å². The molecule has 0 saturated heterocycles. The van der Waals surface area contributed by atoms with E-state index in [1.54, 1.807) is 13.8 Å². The first kappa shape index (κ1) is 14.9. The Morgan fingerprint density at radius 1 is 1.29 bits per heavy atom. The maximum absolute atomic E-state index is 14.1. The largest absolute Gasteiger partial charge is 0.368 e. The van der Waals surface area contributed by atoms with Crippen molar-refractivity contribution in [2.45, 2.75) is 13.8 Å². The highest BCUT2D eigenvalue weighted by Gasteiger charge is 2.16. The van der Waals surface area contributed by atoms with Crippen molar-refractivity contribution < 1.29 is 13.6 Å². The molecule has 0 fully saturated rings. The van der Waals surface area contributed by atoms with E-state index < -0.39 is 17.5 Å². The number of anilines is 2. The fourth-order valence-electron chi connectivity index (χ4n) is 1.87. The van der Waals surface area contributed by atoms with E-state index in [-0.39, 0.29) is 11.4 Å². The molecule has 1 amide bonds. The van der Waals surface area contributed by atoms with Crippen LogP contribution in [0.5, 0.6) is 0 Å². The molecule has 2 rings (SSSR count). The maximum Gasteiger partial charge on any atom is 0.258 e. The first-order valence-electron chi connectivity index (χ1n) is 6.48. The zero-order valence-corrected chi connectivity index (χ0v) is 11.7. The van der Waals surface area contributed by atoms with E-state index in [1.807, 2.05) is 0 Å². The van der Waals surface area contributed by atoms with Crippen LogP contribution in [-0.4, -0.2) is 17.4 Å². The molecule has 0 spiro atoms. The minimum Gasteiger partial charge on any atom is -0.368 e. The molecule has 1 aromatic carbocycles. The lowest BCUT2D eigenvalue weighted by Crippen LogP contribution is -2.16. The van der Waals surface area contributed by atoms with Gasteiger partial charge in [0.25, 0.3) is 5.91 Å². The van der Waals surface area contributed by atoms with Gasteiger partial charge < -0.3 is 10.6 Å². The number of halogens is 2. The molecule has 0 aliphatic rings. The second-order valence-electron chi connectivity index (χ2n) is 4.46. The molecule has 0 atom stereocenters. The zero-order valence-electron chi connectivity index (χ0n) is 11.7. The van der Waals surface area contributed by atoms with Crippen molar-refractivity contribution >= 4 is 17.4 Å². The summed E-state index contributed by atoms with van der Waals surface area (Å²) in [4.78, 5) is 16.0. The molecule has 0 aliphatic heterocycles. The molecule has 0 aliphatic carbocycles. The normalized spacial score (nSPS) is 10.3. The third-order valence-corrected chi connectivity index (χ3v) is 2.91. The van der Waals surface area contributed by atoms with Crippen LogP contribution in [0.15, 0.2) is 30.5 Å². The summed E-state index contributed by atoms with van der Waals surface area (Å²) in [5.74, 6) is -1.68. The van der Waals surface area contributed by atoms with Crippen molar-refractivity contribution in [1.82, 2.24) is 4.98 Å². The molecule has 6 heteroatoms. The van der Waals surface area contributed by atoms with E-state index in [2.05, 4.69) is 15.6 Å². The fraction of sp³-hybridized carbons (Fsp3) is 0.200. The van der Waals surface area contributed by atoms with Crippen molar-refractivity contribution in [2.75, 3.05) is 17.2 Å². The van der Waals surface area contributed by atoms with Gasteiger partial charge in [-0.15, -0.1) is 0 Å². The third-order valence-electron chi connectivity index (χ3n) is 2.91. The summed E-state index contributed by atoms with van der Waals surface area (Å²) in [7, 11) is 0. The quantitative estimate of drug-likeness (QED) is 0.908. The Balaban J connectivity index is 2.26. The van der Waals surface area contributed by atoms with Gasteiger partial charge in [-0.05, 0) is 43.7 Å². The summed E-state index contributed by atoms with van der Waals surface area (Å²) in [6, 6.07) is 5.26. The molecule has 21 heavy (non-hydrogen) atoms. The average Bonchev–Trinajstić information content (AvgIpc) is 2.44. The Bertz CT molecular complexity index is 674. The summed E-state index contributed by atoms with van der Waals surface area (Å²) < 4.78 is 27.2. The van der Waals surface area contributed by atoms with Crippen LogP contribution in [0.3, 0.4) is 0 Å². The minimum absolute atomic E-state index is 0.0287. The number of rotatable bonds is 4. The topological polar surface area (TPSA) is 54.0 Å².